The minimum absolute atomic E-state index is 0.0991. The Labute approximate surface area is 188 Å². The number of nitrogens with one attached hydrogen (secondary N) is 2. The number of ketones is 1. The normalized spacial score (nSPS) is 17.6. The van der Waals surface area contributed by atoms with Gasteiger partial charge in [-0.3, -0.25) is 9.59 Å². The molecule has 156 valence electrons. The highest BCUT2D eigenvalue weighted by Crippen LogP contribution is 2.41. The average molecular weight is 453 g/mol. The fourth-order valence-electron chi connectivity index (χ4n) is 4.11. The Balaban J connectivity index is 1.56. The molecule has 1 aliphatic carbocycles. The lowest BCUT2D eigenvalue weighted by Crippen LogP contribution is -2.32. The molecule has 0 radical (unpaired) electrons. The Hall–Kier alpha value is -3.09. The van der Waals surface area contributed by atoms with Crippen LogP contribution < -0.4 is 10.6 Å². The van der Waals surface area contributed by atoms with Crippen LogP contribution in [-0.2, 0) is 4.79 Å². The molecule has 1 atom stereocenters. The fraction of sp³-hybridized carbons (Fsp3) is 0.174. The number of carbonyl (C=O) groups excluding carboxylic acids is 2. The van der Waals surface area contributed by atoms with Crippen molar-refractivity contribution in [3.63, 3.8) is 0 Å². The van der Waals surface area contributed by atoms with E-state index in [-0.39, 0.29) is 11.7 Å². The third-order valence-corrected chi connectivity index (χ3v) is 6.08. The summed E-state index contributed by atoms with van der Waals surface area (Å²) in [6.07, 6.45) is 3.55. The standard InChI is InChI=1S/C23H18Cl2N4O2/c24-14-6-4-13(5-7-14)21-20-18(2-1-3-19(20)30)28-22-17(12-26-29(21)22)23(31)27-16-10-8-15(25)9-11-16/h4-12,21,28H,1-3H2,(H,27,31). The largest absolute Gasteiger partial charge is 0.343 e. The molecule has 1 unspecified atom stereocenters. The summed E-state index contributed by atoms with van der Waals surface area (Å²) in [4.78, 5) is 25.8. The van der Waals surface area contributed by atoms with Crippen LogP contribution in [0.25, 0.3) is 0 Å². The molecule has 2 heterocycles. The van der Waals surface area contributed by atoms with Gasteiger partial charge in [-0.05, 0) is 54.8 Å². The van der Waals surface area contributed by atoms with Crippen molar-refractivity contribution >= 4 is 46.4 Å². The highest BCUT2D eigenvalue weighted by Gasteiger charge is 2.37. The number of Topliss-reactive ketones (excluding diaryl/α,β-unsaturated/α-hetero) is 1. The maximum absolute atomic E-state index is 13.0. The van der Waals surface area contributed by atoms with E-state index in [4.69, 9.17) is 23.2 Å². The molecule has 0 fully saturated rings. The second kappa shape index (κ2) is 7.87. The molecule has 1 amide bonds. The smallest absolute Gasteiger partial charge is 0.261 e. The number of fused-ring (bicyclic) bond motifs is 1. The van der Waals surface area contributed by atoms with E-state index in [0.29, 0.717) is 39.1 Å². The minimum Gasteiger partial charge on any atom is -0.343 e. The van der Waals surface area contributed by atoms with Crippen molar-refractivity contribution in [2.75, 3.05) is 10.6 Å². The van der Waals surface area contributed by atoms with E-state index in [1.807, 2.05) is 12.1 Å². The van der Waals surface area contributed by atoms with E-state index in [2.05, 4.69) is 15.7 Å². The van der Waals surface area contributed by atoms with Crippen LogP contribution in [-0.4, -0.2) is 21.5 Å². The molecule has 0 bridgehead atoms. The van der Waals surface area contributed by atoms with Crippen LogP contribution in [0, 0.1) is 0 Å². The molecule has 0 saturated heterocycles. The summed E-state index contributed by atoms with van der Waals surface area (Å²) >= 11 is 12.0. The van der Waals surface area contributed by atoms with Crippen LogP contribution in [0.3, 0.4) is 0 Å². The molecule has 2 aromatic carbocycles. The third kappa shape index (κ3) is 3.62. The lowest BCUT2D eigenvalue weighted by atomic mass is 9.85. The van der Waals surface area contributed by atoms with Gasteiger partial charge in [-0.15, -0.1) is 0 Å². The van der Waals surface area contributed by atoms with Crippen LogP contribution >= 0.6 is 23.2 Å². The Kier molecular flexibility index (Phi) is 5.04. The first-order valence-electron chi connectivity index (χ1n) is 9.94. The third-order valence-electron chi connectivity index (χ3n) is 5.57. The first-order valence-corrected chi connectivity index (χ1v) is 10.7. The number of hydrogen-bond donors (Lipinski definition) is 2. The molecule has 3 aromatic rings. The molecular formula is C23H18Cl2N4O2. The van der Waals surface area contributed by atoms with Gasteiger partial charge < -0.3 is 10.6 Å². The second-order valence-corrected chi connectivity index (χ2v) is 8.43. The molecule has 5 rings (SSSR count). The summed E-state index contributed by atoms with van der Waals surface area (Å²) < 4.78 is 1.71. The Morgan fingerprint density at radius 2 is 1.71 bits per heavy atom. The monoisotopic (exact) mass is 452 g/mol. The number of nitrogens with zero attached hydrogens (tertiary/aromatic N) is 2. The zero-order chi connectivity index (χ0) is 21.5. The minimum atomic E-state index is -0.409. The van der Waals surface area contributed by atoms with Gasteiger partial charge in [0.2, 0.25) is 0 Å². The van der Waals surface area contributed by atoms with Gasteiger partial charge in [0.1, 0.15) is 17.4 Å². The number of rotatable bonds is 3. The summed E-state index contributed by atoms with van der Waals surface area (Å²) in [6.45, 7) is 0. The Morgan fingerprint density at radius 3 is 2.42 bits per heavy atom. The van der Waals surface area contributed by atoms with Gasteiger partial charge in [-0.1, -0.05) is 35.3 Å². The zero-order valence-corrected chi connectivity index (χ0v) is 17.9. The van der Waals surface area contributed by atoms with Crippen molar-refractivity contribution in [2.24, 2.45) is 0 Å². The number of aromatic nitrogens is 2. The quantitative estimate of drug-likeness (QED) is 0.552. The van der Waals surface area contributed by atoms with Gasteiger partial charge in [-0.2, -0.15) is 5.10 Å². The van der Waals surface area contributed by atoms with E-state index in [1.54, 1.807) is 41.1 Å². The van der Waals surface area contributed by atoms with Crippen LogP contribution in [0.4, 0.5) is 11.5 Å². The van der Waals surface area contributed by atoms with Gasteiger partial charge in [0, 0.05) is 33.4 Å². The number of hydrogen-bond acceptors (Lipinski definition) is 4. The summed E-state index contributed by atoms with van der Waals surface area (Å²) in [5.41, 5.74) is 3.48. The number of amides is 1. The predicted molar refractivity (Wildman–Crippen MR) is 121 cm³/mol. The van der Waals surface area contributed by atoms with Crippen LogP contribution in [0.5, 0.6) is 0 Å². The van der Waals surface area contributed by atoms with Crippen molar-refractivity contribution in [1.82, 2.24) is 9.78 Å². The van der Waals surface area contributed by atoms with Crippen LogP contribution in [0.2, 0.25) is 10.0 Å². The Bertz CT molecular complexity index is 1210. The van der Waals surface area contributed by atoms with Crippen molar-refractivity contribution in [3.05, 3.63) is 87.2 Å². The van der Waals surface area contributed by atoms with Crippen LogP contribution in [0.15, 0.2) is 66.0 Å². The van der Waals surface area contributed by atoms with E-state index >= 15 is 0 Å². The molecule has 1 aromatic heterocycles. The maximum atomic E-state index is 13.0. The summed E-state index contributed by atoms with van der Waals surface area (Å²) in [6, 6.07) is 13.9. The van der Waals surface area contributed by atoms with Gasteiger partial charge in [-0.25, -0.2) is 4.68 Å². The summed E-state index contributed by atoms with van der Waals surface area (Å²) in [7, 11) is 0. The predicted octanol–water partition coefficient (Wildman–Crippen LogP) is 5.46. The first-order chi connectivity index (χ1) is 15.0. The van der Waals surface area contributed by atoms with E-state index in [9.17, 15) is 9.59 Å². The molecule has 2 N–H and O–H groups in total. The first kappa shape index (κ1) is 19.8. The second-order valence-electron chi connectivity index (χ2n) is 7.56. The van der Waals surface area contributed by atoms with Crippen molar-refractivity contribution < 1.29 is 9.59 Å². The zero-order valence-electron chi connectivity index (χ0n) is 16.4. The van der Waals surface area contributed by atoms with Gasteiger partial charge in [0.05, 0.1) is 6.20 Å². The van der Waals surface area contributed by atoms with Crippen molar-refractivity contribution in [1.29, 1.82) is 0 Å². The average Bonchev–Trinajstić information content (AvgIpc) is 3.18. The number of allylic oxidation sites excluding steroid dienone is 2. The summed E-state index contributed by atoms with van der Waals surface area (Å²) in [5, 5.41) is 11.9. The number of halogens is 2. The van der Waals surface area contributed by atoms with E-state index < -0.39 is 6.04 Å². The van der Waals surface area contributed by atoms with Crippen molar-refractivity contribution in [2.45, 2.75) is 25.3 Å². The Morgan fingerprint density at radius 1 is 1.03 bits per heavy atom. The molecule has 1 aliphatic heterocycles. The molecule has 31 heavy (non-hydrogen) atoms. The van der Waals surface area contributed by atoms with Crippen LogP contribution in [0.1, 0.15) is 41.2 Å². The molecule has 2 aliphatic rings. The fourth-order valence-corrected chi connectivity index (χ4v) is 4.36. The number of anilines is 2. The number of benzene rings is 2. The molecule has 8 heteroatoms. The van der Waals surface area contributed by atoms with E-state index in [0.717, 1.165) is 24.1 Å². The molecule has 6 nitrogen and oxygen atoms in total. The highest BCUT2D eigenvalue weighted by atomic mass is 35.5. The van der Waals surface area contributed by atoms with Crippen molar-refractivity contribution in [3.8, 4) is 0 Å². The molecular weight excluding hydrogens is 435 g/mol. The SMILES string of the molecule is O=C1CCCC2=C1C(c1ccc(Cl)cc1)n1ncc(C(=O)Nc3ccc(Cl)cc3)c1N2. The highest BCUT2D eigenvalue weighted by molar-refractivity contribution is 6.30. The van der Waals surface area contributed by atoms with E-state index in [1.165, 1.54) is 6.20 Å². The molecule has 0 saturated carbocycles. The van der Waals surface area contributed by atoms with Gasteiger partial charge >= 0.3 is 0 Å². The molecule has 0 spiro atoms. The number of carbonyl (C=O) groups is 2. The van der Waals surface area contributed by atoms with Gasteiger partial charge in [0.25, 0.3) is 5.91 Å². The van der Waals surface area contributed by atoms with Gasteiger partial charge in [0.15, 0.2) is 5.78 Å². The lowest BCUT2D eigenvalue weighted by molar-refractivity contribution is -0.116. The maximum Gasteiger partial charge on any atom is 0.261 e. The topological polar surface area (TPSA) is 76.0 Å². The summed E-state index contributed by atoms with van der Waals surface area (Å²) in [5.74, 6) is 0.374. The lowest BCUT2D eigenvalue weighted by Gasteiger charge is -2.33.